The van der Waals surface area contributed by atoms with Gasteiger partial charge in [-0.3, -0.25) is 19.2 Å². The molecule has 134 valence electrons. The van der Waals surface area contributed by atoms with E-state index in [0.29, 0.717) is 18.1 Å². The van der Waals surface area contributed by atoms with Crippen molar-refractivity contribution in [2.24, 2.45) is 0 Å². The third kappa shape index (κ3) is 6.02. The van der Waals surface area contributed by atoms with E-state index in [1.807, 2.05) is 30.3 Å². The number of hydrogen-bond donors (Lipinski definition) is 1. The molecule has 1 N–H and O–H groups in total. The predicted octanol–water partition coefficient (Wildman–Crippen LogP) is 1.42. The fourth-order valence-corrected chi connectivity index (χ4v) is 2.44. The average molecular weight is 346 g/mol. The number of nitrogens with one attached hydrogen (secondary N) is 1. The van der Waals surface area contributed by atoms with Gasteiger partial charge in [-0.05, 0) is 25.0 Å². The van der Waals surface area contributed by atoms with Gasteiger partial charge in [-0.1, -0.05) is 18.2 Å². The van der Waals surface area contributed by atoms with Gasteiger partial charge in [0.2, 0.25) is 23.6 Å². The van der Waals surface area contributed by atoms with Gasteiger partial charge in [0.05, 0.1) is 6.61 Å². The molecule has 1 aromatic rings. The minimum Gasteiger partial charge on any atom is -0.494 e. The molecule has 0 aliphatic carbocycles. The number of rotatable bonds is 9. The molecule has 1 fully saturated rings. The Hall–Kier alpha value is -2.70. The van der Waals surface area contributed by atoms with Crippen LogP contribution >= 0.6 is 0 Å². The van der Waals surface area contributed by atoms with Crippen LogP contribution in [0.3, 0.4) is 0 Å². The van der Waals surface area contributed by atoms with Crippen molar-refractivity contribution in [2.75, 3.05) is 13.2 Å². The van der Waals surface area contributed by atoms with Crippen LogP contribution in [0.1, 0.15) is 38.5 Å². The van der Waals surface area contributed by atoms with Crippen LogP contribution in [0.4, 0.5) is 0 Å². The summed E-state index contributed by atoms with van der Waals surface area (Å²) >= 11 is 0. The molecule has 1 aromatic carbocycles. The van der Waals surface area contributed by atoms with Crippen LogP contribution < -0.4 is 10.1 Å². The standard InChI is InChI=1S/C18H22N2O5/c21-15(8-9-16(22)20-17(23)10-11-18(20)24)19-12-4-5-13-25-14-6-2-1-3-7-14/h1-3,6-7H,4-5,8-13H2,(H,19,21). The maximum atomic E-state index is 11.8. The molecule has 0 aromatic heterocycles. The lowest BCUT2D eigenvalue weighted by atomic mass is 10.2. The minimum absolute atomic E-state index is 0.0313. The third-order valence-electron chi connectivity index (χ3n) is 3.77. The monoisotopic (exact) mass is 346 g/mol. The fourth-order valence-electron chi connectivity index (χ4n) is 2.44. The number of unbranched alkanes of at least 4 members (excludes halogenated alkanes) is 1. The maximum Gasteiger partial charge on any atom is 0.236 e. The van der Waals surface area contributed by atoms with Gasteiger partial charge in [-0.2, -0.15) is 0 Å². The van der Waals surface area contributed by atoms with Gasteiger partial charge in [0.1, 0.15) is 5.75 Å². The van der Waals surface area contributed by atoms with Crippen molar-refractivity contribution in [2.45, 2.75) is 38.5 Å². The number of likely N-dealkylation sites (tertiary alicyclic amines) is 1. The fraction of sp³-hybridized carbons (Fsp3) is 0.444. The van der Waals surface area contributed by atoms with E-state index < -0.39 is 17.7 Å². The molecule has 1 saturated heterocycles. The zero-order valence-corrected chi connectivity index (χ0v) is 14.0. The van der Waals surface area contributed by atoms with Crippen molar-refractivity contribution in [1.29, 1.82) is 0 Å². The SMILES string of the molecule is O=C(CCC(=O)N1C(=O)CCC1=O)NCCCCOc1ccccc1. The number of imide groups is 3. The summed E-state index contributed by atoms with van der Waals surface area (Å²) in [4.78, 5) is 47.0. The van der Waals surface area contributed by atoms with Crippen LogP contribution in [-0.4, -0.2) is 41.7 Å². The number of carbonyl (C=O) groups is 4. The van der Waals surface area contributed by atoms with E-state index in [4.69, 9.17) is 4.74 Å². The van der Waals surface area contributed by atoms with Gasteiger partial charge < -0.3 is 10.1 Å². The zero-order valence-electron chi connectivity index (χ0n) is 14.0. The lowest BCUT2D eigenvalue weighted by Crippen LogP contribution is -2.36. The van der Waals surface area contributed by atoms with Gasteiger partial charge in [-0.25, -0.2) is 4.90 Å². The highest BCUT2D eigenvalue weighted by Crippen LogP contribution is 2.13. The van der Waals surface area contributed by atoms with E-state index in [-0.39, 0.29) is 31.6 Å². The molecule has 4 amide bonds. The molecule has 7 heteroatoms. The molecule has 1 aliphatic rings. The molecule has 0 radical (unpaired) electrons. The summed E-state index contributed by atoms with van der Waals surface area (Å²) in [5.41, 5.74) is 0. The molecule has 1 aliphatic heterocycles. The van der Waals surface area contributed by atoms with Gasteiger partial charge in [-0.15, -0.1) is 0 Å². The van der Waals surface area contributed by atoms with Gasteiger partial charge in [0, 0.05) is 32.2 Å². The van der Waals surface area contributed by atoms with Gasteiger partial charge >= 0.3 is 0 Å². The Morgan fingerprint density at radius 1 is 1.00 bits per heavy atom. The second-order valence-electron chi connectivity index (χ2n) is 5.74. The number of carbonyl (C=O) groups excluding carboxylic acids is 4. The first kappa shape index (κ1) is 18.6. The van der Waals surface area contributed by atoms with Crippen molar-refractivity contribution in [1.82, 2.24) is 10.2 Å². The van der Waals surface area contributed by atoms with E-state index in [9.17, 15) is 19.2 Å². The Morgan fingerprint density at radius 3 is 2.36 bits per heavy atom. The molecule has 0 unspecified atom stereocenters. The van der Waals surface area contributed by atoms with E-state index in [1.165, 1.54) is 0 Å². The molecule has 7 nitrogen and oxygen atoms in total. The number of benzene rings is 1. The van der Waals surface area contributed by atoms with Crippen LogP contribution in [0.5, 0.6) is 5.75 Å². The predicted molar refractivity (Wildman–Crippen MR) is 89.5 cm³/mol. The summed E-state index contributed by atoms with van der Waals surface area (Å²) in [6.45, 7) is 1.06. The van der Waals surface area contributed by atoms with Crippen LogP contribution in [0, 0.1) is 0 Å². The van der Waals surface area contributed by atoms with Gasteiger partial charge in [0.25, 0.3) is 0 Å². The zero-order chi connectivity index (χ0) is 18.1. The first-order valence-electron chi connectivity index (χ1n) is 8.41. The summed E-state index contributed by atoms with van der Waals surface area (Å²) in [7, 11) is 0. The molecule has 0 bridgehead atoms. The largest absolute Gasteiger partial charge is 0.494 e. The smallest absolute Gasteiger partial charge is 0.236 e. The van der Waals surface area contributed by atoms with Crippen molar-refractivity contribution in [3.8, 4) is 5.75 Å². The van der Waals surface area contributed by atoms with Crippen molar-refractivity contribution in [3.63, 3.8) is 0 Å². The summed E-state index contributed by atoms with van der Waals surface area (Å²) in [6.07, 6.45) is 1.53. The summed E-state index contributed by atoms with van der Waals surface area (Å²) < 4.78 is 5.54. The molecule has 2 rings (SSSR count). The number of para-hydroxylation sites is 1. The lowest BCUT2D eigenvalue weighted by Gasteiger charge is -2.11. The molecule has 0 saturated carbocycles. The van der Waals surface area contributed by atoms with E-state index >= 15 is 0 Å². The number of nitrogens with zero attached hydrogens (tertiary/aromatic N) is 1. The Bertz CT molecular complexity index is 614. The van der Waals surface area contributed by atoms with Crippen LogP contribution in [0.25, 0.3) is 0 Å². The molecule has 1 heterocycles. The molecule has 0 atom stereocenters. The molecular formula is C18H22N2O5. The normalized spacial score (nSPS) is 13.8. The van der Waals surface area contributed by atoms with Crippen LogP contribution in [-0.2, 0) is 19.2 Å². The molecular weight excluding hydrogens is 324 g/mol. The molecule has 0 spiro atoms. The second-order valence-corrected chi connectivity index (χ2v) is 5.74. The van der Waals surface area contributed by atoms with E-state index in [2.05, 4.69) is 5.32 Å². The van der Waals surface area contributed by atoms with Gasteiger partial charge in [0.15, 0.2) is 0 Å². The average Bonchev–Trinajstić information content (AvgIpc) is 2.95. The summed E-state index contributed by atoms with van der Waals surface area (Å²) in [6, 6.07) is 9.49. The topological polar surface area (TPSA) is 92.8 Å². The lowest BCUT2D eigenvalue weighted by molar-refractivity contribution is -0.150. The highest BCUT2D eigenvalue weighted by Gasteiger charge is 2.33. The third-order valence-corrected chi connectivity index (χ3v) is 3.77. The Kier molecular flexibility index (Phi) is 7.13. The summed E-state index contributed by atoms with van der Waals surface area (Å²) in [5, 5.41) is 2.71. The number of hydrogen-bond acceptors (Lipinski definition) is 5. The van der Waals surface area contributed by atoms with Crippen molar-refractivity contribution in [3.05, 3.63) is 30.3 Å². The molecule has 25 heavy (non-hydrogen) atoms. The Balaban J connectivity index is 1.53. The summed E-state index contributed by atoms with van der Waals surface area (Å²) in [5.74, 6) is -1.01. The second kappa shape index (κ2) is 9.56. The van der Waals surface area contributed by atoms with Crippen molar-refractivity contribution >= 4 is 23.6 Å². The minimum atomic E-state index is -0.598. The number of amides is 4. The first-order valence-corrected chi connectivity index (χ1v) is 8.41. The highest BCUT2D eigenvalue weighted by atomic mass is 16.5. The highest BCUT2D eigenvalue weighted by molar-refractivity contribution is 6.15. The maximum absolute atomic E-state index is 11.8. The Labute approximate surface area is 146 Å². The van der Waals surface area contributed by atoms with Crippen molar-refractivity contribution < 1.29 is 23.9 Å². The van der Waals surface area contributed by atoms with Crippen LogP contribution in [0.2, 0.25) is 0 Å². The Morgan fingerprint density at radius 2 is 1.68 bits per heavy atom. The van der Waals surface area contributed by atoms with E-state index in [1.54, 1.807) is 0 Å². The number of ether oxygens (including phenoxy) is 1. The quantitative estimate of drug-likeness (QED) is 0.539. The van der Waals surface area contributed by atoms with Crippen LogP contribution in [0.15, 0.2) is 30.3 Å². The first-order chi connectivity index (χ1) is 12.1. The van der Waals surface area contributed by atoms with E-state index in [0.717, 1.165) is 18.6 Å².